The summed E-state index contributed by atoms with van der Waals surface area (Å²) >= 11 is 1.56. The Morgan fingerprint density at radius 1 is 1.31 bits per heavy atom. The van der Waals surface area contributed by atoms with E-state index in [-0.39, 0.29) is 5.91 Å². The first-order valence-electron chi connectivity index (χ1n) is 9.11. The molecule has 0 unspecified atom stereocenters. The first-order valence-corrected chi connectivity index (χ1v) is 10.3. The summed E-state index contributed by atoms with van der Waals surface area (Å²) in [5.41, 5.74) is 1.76. The van der Waals surface area contributed by atoms with Crippen LogP contribution in [0.5, 0.6) is 5.75 Å². The molecule has 1 aliphatic rings. The van der Waals surface area contributed by atoms with E-state index in [0.29, 0.717) is 29.4 Å². The molecule has 6 heteroatoms. The van der Waals surface area contributed by atoms with Crippen LogP contribution in [0, 0.1) is 5.92 Å². The van der Waals surface area contributed by atoms with Crippen LogP contribution in [0.15, 0.2) is 34.9 Å². The Hall–Kier alpha value is -1.95. The molecular weight excluding hydrogens is 348 g/mol. The standard InChI is InChI=1S/C20H26N2O3S/c1-14-5-3-4-6-18(14)22-19(23)13-26-12-16-11-25-20(21-16)15-7-9-17(24-2)10-8-15/h7-11,14,18H,3-6,12-13H2,1-2H3,(H,22,23)/t14-,18+/m0/s1. The SMILES string of the molecule is COc1ccc(-c2nc(CSCC(=O)N[C@@H]3CCCC[C@@H]3C)co2)cc1. The summed E-state index contributed by atoms with van der Waals surface area (Å²) < 4.78 is 10.7. The number of carbonyl (C=O) groups is 1. The summed E-state index contributed by atoms with van der Waals surface area (Å²) in [6.45, 7) is 2.23. The molecule has 1 aliphatic carbocycles. The van der Waals surface area contributed by atoms with Crippen LogP contribution >= 0.6 is 11.8 Å². The van der Waals surface area contributed by atoms with Crippen LogP contribution in [0.3, 0.4) is 0 Å². The highest BCUT2D eigenvalue weighted by Gasteiger charge is 2.22. The lowest BCUT2D eigenvalue weighted by Gasteiger charge is -2.29. The normalized spacial score (nSPS) is 19.9. The third-order valence-electron chi connectivity index (χ3n) is 4.83. The van der Waals surface area contributed by atoms with Gasteiger partial charge >= 0.3 is 0 Å². The molecule has 0 bridgehead atoms. The fraction of sp³-hybridized carbons (Fsp3) is 0.500. The number of aromatic nitrogens is 1. The average molecular weight is 375 g/mol. The first-order chi connectivity index (χ1) is 12.7. The number of methoxy groups -OCH3 is 1. The van der Waals surface area contributed by atoms with Gasteiger partial charge in [-0.15, -0.1) is 11.8 Å². The van der Waals surface area contributed by atoms with Gasteiger partial charge in [-0.25, -0.2) is 4.98 Å². The highest BCUT2D eigenvalue weighted by Crippen LogP contribution is 2.25. The number of nitrogens with zero attached hydrogens (tertiary/aromatic N) is 1. The van der Waals surface area contributed by atoms with E-state index in [1.54, 1.807) is 25.1 Å². The smallest absolute Gasteiger partial charge is 0.230 e. The zero-order chi connectivity index (χ0) is 18.4. The zero-order valence-electron chi connectivity index (χ0n) is 15.4. The van der Waals surface area contributed by atoms with E-state index in [1.807, 2.05) is 24.3 Å². The molecule has 1 fully saturated rings. The summed E-state index contributed by atoms with van der Waals surface area (Å²) in [5.74, 6) is 3.20. The van der Waals surface area contributed by atoms with Crippen LogP contribution in [-0.4, -0.2) is 29.8 Å². The number of carbonyl (C=O) groups excluding carboxylic acids is 1. The molecule has 1 aromatic carbocycles. The lowest BCUT2D eigenvalue weighted by atomic mass is 9.86. The van der Waals surface area contributed by atoms with Gasteiger partial charge in [0.2, 0.25) is 11.8 Å². The second kappa shape index (κ2) is 9.12. The molecule has 0 aliphatic heterocycles. The van der Waals surface area contributed by atoms with Crippen molar-refractivity contribution in [1.82, 2.24) is 10.3 Å². The van der Waals surface area contributed by atoms with Gasteiger partial charge in [-0.2, -0.15) is 0 Å². The van der Waals surface area contributed by atoms with Gasteiger partial charge in [0.05, 0.1) is 18.6 Å². The van der Waals surface area contributed by atoms with Crippen LogP contribution in [0.2, 0.25) is 0 Å². The fourth-order valence-electron chi connectivity index (χ4n) is 3.27. The Morgan fingerprint density at radius 2 is 2.08 bits per heavy atom. The monoisotopic (exact) mass is 374 g/mol. The molecule has 2 atom stereocenters. The van der Waals surface area contributed by atoms with Gasteiger partial charge in [-0.3, -0.25) is 4.79 Å². The van der Waals surface area contributed by atoms with Crippen molar-refractivity contribution in [3.05, 3.63) is 36.2 Å². The van der Waals surface area contributed by atoms with Crippen molar-refractivity contribution in [2.24, 2.45) is 5.92 Å². The number of hydrogen-bond acceptors (Lipinski definition) is 5. The van der Waals surface area contributed by atoms with E-state index in [9.17, 15) is 4.79 Å². The number of hydrogen-bond donors (Lipinski definition) is 1. The van der Waals surface area contributed by atoms with E-state index in [0.717, 1.165) is 23.4 Å². The van der Waals surface area contributed by atoms with Crippen molar-refractivity contribution in [2.75, 3.05) is 12.9 Å². The maximum absolute atomic E-state index is 12.1. The molecule has 2 aromatic rings. The van der Waals surface area contributed by atoms with Crippen molar-refractivity contribution in [1.29, 1.82) is 0 Å². The number of benzene rings is 1. The first kappa shape index (κ1) is 18.8. The summed E-state index contributed by atoms with van der Waals surface area (Å²) in [5, 5.41) is 3.18. The Balaban J connectivity index is 1.45. The number of thioether (sulfide) groups is 1. The van der Waals surface area contributed by atoms with Crippen LogP contribution in [0.1, 0.15) is 38.3 Å². The summed E-state index contributed by atoms with van der Waals surface area (Å²) in [6.07, 6.45) is 6.48. The molecule has 1 heterocycles. The molecule has 140 valence electrons. The van der Waals surface area contributed by atoms with Crippen molar-refractivity contribution in [2.45, 2.75) is 44.4 Å². The van der Waals surface area contributed by atoms with Crippen LogP contribution in [0.25, 0.3) is 11.5 Å². The molecule has 3 rings (SSSR count). The maximum Gasteiger partial charge on any atom is 0.230 e. The minimum Gasteiger partial charge on any atom is -0.497 e. The molecule has 5 nitrogen and oxygen atoms in total. The quantitative estimate of drug-likeness (QED) is 0.784. The molecule has 0 spiro atoms. The van der Waals surface area contributed by atoms with Crippen molar-refractivity contribution in [3.63, 3.8) is 0 Å². The van der Waals surface area contributed by atoms with Gasteiger partial charge in [0.1, 0.15) is 12.0 Å². The Bertz CT molecular complexity index is 714. The number of ether oxygens (including phenoxy) is 1. The Labute approximate surface area is 158 Å². The number of amides is 1. The molecule has 1 amide bonds. The second-order valence-electron chi connectivity index (χ2n) is 6.80. The second-order valence-corrected chi connectivity index (χ2v) is 7.79. The maximum atomic E-state index is 12.1. The van der Waals surface area contributed by atoms with E-state index < -0.39 is 0 Å². The number of rotatable bonds is 7. The minimum absolute atomic E-state index is 0.118. The summed E-state index contributed by atoms with van der Waals surface area (Å²) in [7, 11) is 1.64. The predicted molar refractivity (Wildman–Crippen MR) is 104 cm³/mol. The third-order valence-corrected chi connectivity index (χ3v) is 5.80. The van der Waals surface area contributed by atoms with Gasteiger partial charge < -0.3 is 14.5 Å². The highest BCUT2D eigenvalue weighted by molar-refractivity contribution is 7.99. The highest BCUT2D eigenvalue weighted by atomic mass is 32.2. The average Bonchev–Trinajstić information content (AvgIpc) is 3.12. The fourth-order valence-corrected chi connectivity index (χ4v) is 3.98. The van der Waals surface area contributed by atoms with E-state index in [4.69, 9.17) is 9.15 Å². The molecule has 0 radical (unpaired) electrons. The van der Waals surface area contributed by atoms with Gasteiger partial charge in [-0.1, -0.05) is 19.8 Å². The van der Waals surface area contributed by atoms with E-state index >= 15 is 0 Å². The van der Waals surface area contributed by atoms with Crippen LogP contribution < -0.4 is 10.1 Å². The Morgan fingerprint density at radius 3 is 2.81 bits per heavy atom. The molecule has 1 saturated carbocycles. The summed E-state index contributed by atoms with van der Waals surface area (Å²) in [4.78, 5) is 16.6. The molecule has 1 aromatic heterocycles. The molecule has 1 N–H and O–H groups in total. The zero-order valence-corrected chi connectivity index (χ0v) is 16.2. The number of nitrogens with one attached hydrogen (secondary N) is 1. The van der Waals surface area contributed by atoms with Gasteiger partial charge in [-0.05, 0) is 43.0 Å². The van der Waals surface area contributed by atoms with E-state index in [1.165, 1.54) is 19.3 Å². The van der Waals surface area contributed by atoms with Gasteiger partial charge in [0.15, 0.2) is 0 Å². The largest absolute Gasteiger partial charge is 0.497 e. The number of oxazole rings is 1. The molecular formula is C20H26N2O3S. The lowest BCUT2D eigenvalue weighted by molar-refractivity contribution is -0.119. The predicted octanol–water partition coefficient (Wildman–Crippen LogP) is 4.28. The van der Waals surface area contributed by atoms with Crippen molar-refractivity contribution in [3.8, 4) is 17.2 Å². The van der Waals surface area contributed by atoms with Crippen molar-refractivity contribution < 1.29 is 13.9 Å². The molecule has 26 heavy (non-hydrogen) atoms. The third kappa shape index (κ3) is 5.04. The topological polar surface area (TPSA) is 64.4 Å². The van der Waals surface area contributed by atoms with Crippen molar-refractivity contribution >= 4 is 17.7 Å². The van der Waals surface area contributed by atoms with Gasteiger partial charge in [0, 0.05) is 17.4 Å². The van der Waals surface area contributed by atoms with Crippen LogP contribution in [-0.2, 0) is 10.5 Å². The molecule has 0 saturated heterocycles. The Kier molecular flexibility index (Phi) is 6.61. The minimum atomic E-state index is 0.118. The van der Waals surface area contributed by atoms with Crippen LogP contribution in [0.4, 0.5) is 0 Å². The van der Waals surface area contributed by atoms with E-state index in [2.05, 4.69) is 17.2 Å². The summed E-state index contributed by atoms with van der Waals surface area (Å²) in [6, 6.07) is 7.93. The lowest BCUT2D eigenvalue weighted by Crippen LogP contribution is -2.41. The van der Waals surface area contributed by atoms with Gasteiger partial charge in [0.25, 0.3) is 0 Å².